The van der Waals surface area contributed by atoms with E-state index in [2.05, 4.69) is 20.5 Å². The summed E-state index contributed by atoms with van der Waals surface area (Å²) in [6, 6.07) is 9.78. The van der Waals surface area contributed by atoms with Crippen molar-refractivity contribution in [2.24, 2.45) is 0 Å². The maximum atomic E-state index is 9.48. The molecule has 8 nitrogen and oxygen atoms in total. The number of rotatable bonds is 4. The van der Waals surface area contributed by atoms with Gasteiger partial charge in [0, 0.05) is 25.7 Å². The lowest BCUT2D eigenvalue weighted by Gasteiger charge is -2.33. The fourth-order valence-corrected chi connectivity index (χ4v) is 4.11. The molecule has 5 rings (SSSR count). The van der Waals surface area contributed by atoms with E-state index in [-0.39, 0.29) is 12.6 Å². The molecule has 0 amide bonds. The molecular weight excluding hydrogens is 402 g/mol. The van der Waals surface area contributed by atoms with Gasteiger partial charge in [0.1, 0.15) is 23.2 Å². The van der Waals surface area contributed by atoms with Gasteiger partial charge < -0.3 is 20.6 Å². The number of fused-ring (bicyclic) bond motifs is 3. The lowest BCUT2D eigenvalue weighted by Crippen LogP contribution is -2.52. The molecule has 1 saturated heterocycles. The third-order valence-corrected chi connectivity index (χ3v) is 5.76. The van der Waals surface area contributed by atoms with E-state index in [1.807, 2.05) is 41.7 Å². The van der Waals surface area contributed by atoms with Crippen molar-refractivity contribution in [2.45, 2.75) is 13.0 Å². The molecule has 0 spiro atoms. The van der Waals surface area contributed by atoms with Crippen LogP contribution in [0.1, 0.15) is 5.56 Å². The number of aliphatic hydroxyl groups is 1. The van der Waals surface area contributed by atoms with Crippen molar-refractivity contribution in [1.82, 2.24) is 24.7 Å². The Bertz CT molecular complexity index is 1200. The van der Waals surface area contributed by atoms with Gasteiger partial charge in [-0.3, -0.25) is 4.40 Å². The first-order valence-electron chi connectivity index (χ1n) is 9.88. The summed E-state index contributed by atoms with van der Waals surface area (Å²) >= 11 is 6.40. The predicted octanol–water partition coefficient (Wildman–Crippen LogP) is 2.75. The molecule has 1 atom stereocenters. The van der Waals surface area contributed by atoms with Crippen LogP contribution in [0, 0.1) is 6.92 Å². The van der Waals surface area contributed by atoms with Gasteiger partial charge in [0.05, 0.1) is 23.5 Å². The van der Waals surface area contributed by atoms with Crippen molar-refractivity contribution in [3.05, 3.63) is 53.4 Å². The van der Waals surface area contributed by atoms with Crippen LogP contribution < -0.4 is 15.5 Å². The van der Waals surface area contributed by atoms with Crippen LogP contribution in [-0.4, -0.2) is 56.7 Å². The summed E-state index contributed by atoms with van der Waals surface area (Å²) in [5.74, 6) is 1.54. The zero-order valence-corrected chi connectivity index (χ0v) is 17.3. The second-order valence-electron chi connectivity index (χ2n) is 7.46. The second kappa shape index (κ2) is 7.71. The van der Waals surface area contributed by atoms with E-state index in [9.17, 15) is 5.11 Å². The summed E-state index contributed by atoms with van der Waals surface area (Å²) in [7, 11) is 0. The van der Waals surface area contributed by atoms with Crippen LogP contribution in [-0.2, 0) is 0 Å². The molecule has 0 aliphatic carbocycles. The van der Waals surface area contributed by atoms with Crippen LogP contribution in [0.2, 0.25) is 5.02 Å². The smallest absolute Gasteiger partial charge is 0.166 e. The maximum absolute atomic E-state index is 9.48. The van der Waals surface area contributed by atoms with E-state index in [1.165, 1.54) is 0 Å². The fourth-order valence-electron chi connectivity index (χ4n) is 3.84. The molecule has 154 valence electrons. The third kappa shape index (κ3) is 3.32. The Kier molecular flexibility index (Phi) is 4.90. The van der Waals surface area contributed by atoms with Crippen LogP contribution in [0.4, 0.5) is 17.3 Å². The molecule has 3 aromatic heterocycles. The summed E-state index contributed by atoms with van der Waals surface area (Å²) in [5.41, 5.74) is 4.17. The number of piperazine rings is 1. The minimum atomic E-state index is 0.0491. The van der Waals surface area contributed by atoms with Crippen molar-refractivity contribution in [3.8, 4) is 0 Å². The van der Waals surface area contributed by atoms with Crippen LogP contribution >= 0.6 is 11.6 Å². The van der Waals surface area contributed by atoms with Gasteiger partial charge in [-0.05, 0) is 30.7 Å². The van der Waals surface area contributed by atoms with Crippen LogP contribution in [0.15, 0.2) is 42.9 Å². The first-order chi connectivity index (χ1) is 14.6. The number of aryl methyl sites for hydroxylation is 1. The van der Waals surface area contributed by atoms with Crippen molar-refractivity contribution in [2.75, 3.05) is 36.5 Å². The average molecular weight is 424 g/mol. The molecule has 4 aromatic rings. The van der Waals surface area contributed by atoms with Gasteiger partial charge in [-0.2, -0.15) is 0 Å². The van der Waals surface area contributed by atoms with E-state index in [4.69, 9.17) is 21.6 Å². The average Bonchev–Trinajstić information content (AvgIpc) is 3.27. The summed E-state index contributed by atoms with van der Waals surface area (Å²) in [4.78, 5) is 16.2. The van der Waals surface area contributed by atoms with Crippen molar-refractivity contribution >= 4 is 45.6 Å². The lowest BCUT2D eigenvalue weighted by atomic mass is 10.2. The molecule has 4 heterocycles. The Hall–Kier alpha value is -2.94. The number of para-hydroxylation sites is 1. The standard InChI is InChI=1S/C21H22ClN7O/c1-13-3-2-4-15(22)19(13)27-20-17-9-23-12-29(17)21-16(25-20)5-6-18(26-21)28-8-7-24-14(10-28)11-30/h2-6,9,12,14,24,30H,7-8,10-11H2,1H3,(H,25,27)/t14-/m1/s1. The molecule has 3 N–H and O–H groups in total. The number of nitrogens with zero attached hydrogens (tertiary/aromatic N) is 5. The summed E-state index contributed by atoms with van der Waals surface area (Å²) in [5, 5.41) is 16.8. The SMILES string of the molecule is Cc1cccc(Cl)c1Nc1nc2ccc(N3CCN[C@@H](CO)C3)nc2n2cncc12. The number of halogens is 1. The molecule has 0 saturated carbocycles. The number of pyridine rings is 1. The van der Waals surface area contributed by atoms with Crippen molar-refractivity contribution in [3.63, 3.8) is 0 Å². The zero-order valence-electron chi connectivity index (χ0n) is 16.5. The summed E-state index contributed by atoms with van der Waals surface area (Å²) in [6.45, 7) is 4.46. The third-order valence-electron chi connectivity index (χ3n) is 5.45. The first kappa shape index (κ1) is 19.0. The van der Waals surface area contributed by atoms with E-state index >= 15 is 0 Å². The number of benzene rings is 1. The molecule has 1 aromatic carbocycles. The van der Waals surface area contributed by atoms with Crippen LogP contribution in [0.3, 0.4) is 0 Å². The van der Waals surface area contributed by atoms with E-state index < -0.39 is 0 Å². The Morgan fingerprint density at radius 3 is 3.00 bits per heavy atom. The fraction of sp³-hybridized carbons (Fsp3) is 0.286. The molecule has 0 bridgehead atoms. The number of hydrogen-bond donors (Lipinski definition) is 3. The molecule has 0 radical (unpaired) electrons. The Balaban J connectivity index is 1.58. The summed E-state index contributed by atoms with van der Waals surface area (Å²) in [6.07, 6.45) is 3.51. The highest BCUT2D eigenvalue weighted by Crippen LogP contribution is 2.31. The Morgan fingerprint density at radius 1 is 1.27 bits per heavy atom. The van der Waals surface area contributed by atoms with E-state index in [0.29, 0.717) is 17.4 Å². The normalized spacial score (nSPS) is 17.0. The van der Waals surface area contributed by atoms with Gasteiger partial charge in [0.25, 0.3) is 0 Å². The second-order valence-corrected chi connectivity index (χ2v) is 7.87. The minimum absolute atomic E-state index is 0.0491. The lowest BCUT2D eigenvalue weighted by molar-refractivity contribution is 0.235. The molecule has 0 unspecified atom stereocenters. The molecule has 9 heteroatoms. The monoisotopic (exact) mass is 423 g/mol. The van der Waals surface area contributed by atoms with E-state index in [0.717, 1.165) is 46.8 Å². The summed E-state index contributed by atoms with van der Waals surface area (Å²) < 4.78 is 1.94. The van der Waals surface area contributed by atoms with Crippen molar-refractivity contribution < 1.29 is 5.11 Å². The topological polar surface area (TPSA) is 90.6 Å². The minimum Gasteiger partial charge on any atom is -0.395 e. The predicted molar refractivity (Wildman–Crippen MR) is 119 cm³/mol. The number of aliphatic hydroxyl groups excluding tert-OH is 1. The zero-order chi connectivity index (χ0) is 20.7. The Labute approximate surface area is 178 Å². The number of hydrogen-bond acceptors (Lipinski definition) is 7. The largest absolute Gasteiger partial charge is 0.395 e. The number of nitrogens with one attached hydrogen (secondary N) is 2. The van der Waals surface area contributed by atoms with Crippen molar-refractivity contribution in [1.29, 1.82) is 0 Å². The Morgan fingerprint density at radius 2 is 2.17 bits per heavy atom. The first-order valence-corrected chi connectivity index (χ1v) is 10.3. The van der Waals surface area contributed by atoms with E-state index in [1.54, 1.807) is 12.5 Å². The highest BCUT2D eigenvalue weighted by atomic mass is 35.5. The van der Waals surface area contributed by atoms with Crippen LogP contribution in [0.25, 0.3) is 16.7 Å². The number of anilines is 3. The molecule has 1 fully saturated rings. The van der Waals surface area contributed by atoms with Gasteiger partial charge >= 0.3 is 0 Å². The highest BCUT2D eigenvalue weighted by molar-refractivity contribution is 6.33. The van der Waals surface area contributed by atoms with Gasteiger partial charge in [-0.25, -0.2) is 15.0 Å². The molecule has 30 heavy (non-hydrogen) atoms. The van der Waals surface area contributed by atoms with Gasteiger partial charge in [0.15, 0.2) is 11.5 Å². The molecular formula is C21H22ClN7O. The number of aromatic nitrogens is 4. The maximum Gasteiger partial charge on any atom is 0.166 e. The van der Waals surface area contributed by atoms with Crippen LogP contribution in [0.5, 0.6) is 0 Å². The molecule has 1 aliphatic rings. The van der Waals surface area contributed by atoms with Gasteiger partial charge in [0.2, 0.25) is 0 Å². The van der Waals surface area contributed by atoms with Gasteiger partial charge in [-0.15, -0.1) is 0 Å². The highest BCUT2D eigenvalue weighted by Gasteiger charge is 2.21. The van der Waals surface area contributed by atoms with Gasteiger partial charge in [-0.1, -0.05) is 23.7 Å². The molecule has 1 aliphatic heterocycles. The number of imidazole rings is 1. The quantitative estimate of drug-likeness (QED) is 0.465.